The van der Waals surface area contributed by atoms with Crippen LogP contribution in [-0.2, 0) is 0 Å². The number of piperazine rings is 1. The van der Waals surface area contributed by atoms with Crippen molar-refractivity contribution in [2.75, 3.05) is 43.9 Å². The third-order valence-electron chi connectivity index (χ3n) is 5.48. The molecule has 0 aromatic heterocycles. The van der Waals surface area contributed by atoms with Crippen molar-refractivity contribution in [1.82, 2.24) is 9.80 Å². The fraction of sp³-hybridized carbons (Fsp3) is 0.500. The van der Waals surface area contributed by atoms with Gasteiger partial charge >= 0.3 is 0 Å². The van der Waals surface area contributed by atoms with E-state index in [1.54, 1.807) is 11.9 Å². The molecule has 3 aliphatic rings. The normalized spacial score (nSPS) is 25.8. The monoisotopic (exact) mass is 347 g/mol. The lowest BCUT2D eigenvalue weighted by atomic mass is 9.99. The summed E-state index contributed by atoms with van der Waals surface area (Å²) in [5.41, 5.74) is 1.22. The van der Waals surface area contributed by atoms with E-state index in [1.807, 2.05) is 0 Å². The molecule has 4 rings (SSSR count). The van der Waals surface area contributed by atoms with Crippen molar-refractivity contribution in [2.45, 2.75) is 25.9 Å². The molecule has 1 aromatic rings. The number of rotatable bonds is 0. The number of anilines is 2. The van der Waals surface area contributed by atoms with Gasteiger partial charge in [-0.1, -0.05) is 6.58 Å². The number of hydrogen-bond donors (Lipinski definition) is 1. The van der Waals surface area contributed by atoms with E-state index in [0.29, 0.717) is 35.1 Å². The van der Waals surface area contributed by atoms with Crippen molar-refractivity contribution in [1.29, 1.82) is 0 Å². The SMILES string of the molecule is C=C1N=C2c3c(c(F)c(C)c(F)c3N1C)NCC1CN(C)CC(C)N21. The second-order valence-electron chi connectivity index (χ2n) is 7.27. The molecule has 25 heavy (non-hydrogen) atoms. The molecule has 3 heterocycles. The maximum absolute atomic E-state index is 15.0. The second-order valence-corrected chi connectivity index (χ2v) is 7.27. The average molecular weight is 347 g/mol. The Labute approximate surface area is 146 Å². The third kappa shape index (κ3) is 2.18. The molecule has 134 valence electrons. The summed E-state index contributed by atoms with van der Waals surface area (Å²) in [4.78, 5) is 10.7. The summed E-state index contributed by atoms with van der Waals surface area (Å²) in [7, 11) is 3.80. The van der Waals surface area contributed by atoms with Crippen LogP contribution in [0.4, 0.5) is 20.2 Å². The highest BCUT2D eigenvalue weighted by molar-refractivity contribution is 6.11. The van der Waals surface area contributed by atoms with Gasteiger partial charge in [0.25, 0.3) is 0 Å². The van der Waals surface area contributed by atoms with Crippen molar-refractivity contribution in [2.24, 2.45) is 4.99 Å². The molecule has 0 amide bonds. The molecular formula is C18H23F2N5. The predicted molar refractivity (Wildman–Crippen MR) is 96.3 cm³/mol. The quantitative estimate of drug-likeness (QED) is 0.781. The number of nitrogens with zero attached hydrogens (tertiary/aromatic N) is 4. The van der Waals surface area contributed by atoms with Gasteiger partial charge in [-0.15, -0.1) is 0 Å². The largest absolute Gasteiger partial charge is 0.380 e. The summed E-state index contributed by atoms with van der Waals surface area (Å²) in [6.07, 6.45) is 0. The van der Waals surface area contributed by atoms with Crippen LogP contribution in [0.1, 0.15) is 18.1 Å². The zero-order chi connectivity index (χ0) is 18.0. The lowest BCUT2D eigenvalue weighted by Gasteiger charge is -2.46. The molecule has 1 saturated heterocycles. The van der Waals surface area contributed by atoms with E-state index in [-0.39, 0.29) is 17.6 Å². The van der Waals surface area contributed by atoms with E-state index in [1.165, 1.54) is 6.92 Å². The van der Waals surface area contributed by atoms with E-state index in [2.05, 4.69) is 40.7 Å². The highest BCUT2D eigenvalue weighted by atomic mass is 19.1. The van der Waals surface area contributed by atoms with Gasteiger partial charge < -0.3 is 20.0 Å². The number of amidine groups is 1. The van der Waals surface area contributed by atoms with Gasteiger partial charge in [0.05, 0.1) is 23.0 Å². The van der Waals surface area contributed by atoms with Gasteiger partial charge in [0.15, 0.2) is 11.6 Å². The van der Waals surface area contributed by atoms with Crippen LogP contribution >= 0.6 is 0 Å². The third-order valence-corrected chi connectivity index (χ3v) is 5.48. The number of likely N-dealkylation sites (N-methyl/N-ethyl adjacent to an activating group) is 1. The van der Waals surface area contributed by atoms with Crippen LogP contribution in [0.3, 0.4) is 0 Å². The van der Waals surface area contributed by atoms with Crippen molar-refractivity contribution in [3.8, 4) is 0 Å². The molecule has 1 N–H and O–H groups in total. The van der Waals surface area contributed by atoms with Gasteiger partial charge in [-0.25, -0.2) is 13.8 Å². The van der Waals surface area contributed by atoms with Gasteiger partial charge in [0.2, 0.25) is 0 Å². The van der Waals surface area contributed by atoms with Crippen LogP contribution < -0.4 is 10.2 Å². The standard InChI is InChI=1S/C18H23F2N5/c1-9-7-23(4)8-12-6-21-16-13-17(15(20)10(2)14(16)19)24(5)11(3)22-18(13)25(9)12/h9,12,21H,3,6-8H2,1-2,4-5H3. The fourth-order valence-corrected chi connectivity index (χ4v) is 4.25. The first-order valence-corrected chi connectivity index (χ1v) is 8.55. The Hall–Kier alpha value is -2.15. The Bertz CT molecular complexity index is 803. The number of nitrogens with one attached hydrogen (secondary N) is 1. The molecular weight excluding hydrogens is 324 g/mol. The van der Waals surface area contributed by atoms with Crippen LogP contribution in [0.5, 0.6) is 0 Å². The topological polar surface area (TPSA) is 34.1 Å². The van der Waals surface area contributed by atoms with Gasteiger partial charge in [-0.2, -0.15) is 0 Å². The van der Waals surface area contributed by atoms with Crippen LogP contribution in [0.25, 0.3) is 0 Å². The summed E-state index contributed by atoms with van der Waals surface area (Å²) in [5, 5.41) is 3.23. The highest BCUT2D eigenvalue weighted by Crippen LogP contribution is 2.42. The Morgan fingerprint density at radius 3 is 2.64 bits per heavy atom. The fourth-order valence-electron chi connectivity index (χ4n) is 4.25. The van der Waals surface area contributed by atoms with Gasteiger partial charge in [-0.3, -0.25) is 0 Å². The number of aliphatic imine (C=N–C) groups is 1. The Kier molecular flexibility index (Phi) is 3.54. The zero-order valence-corrected chi connectivity index (χ0v) is 15.0. The number of fused-ring (bicyclic) bond motifs is 2. The van der Waals surface area contributed by atoms with E-state index in [9.17, 15) is 8.78 Å². The lowest BCUT2D eigenvalue weighted by molar-refractivity contribution is 0.111. The summed E-state index contributed by atoms with van der Waals surface area (Å²) in [6, 6.07) is 0.318. The van der Waals surface area contributed by atoms with Crippen LogP contribution in [0.15, 0.2) is 17.4 Å². The average Bonchev–Trinajstić information content (AvgIpc) is 2.70. The maximum Gasteiger partial charge on any atom is 0.153 e. The van der Waals surface area contributed by atoms with E-state index >= 15 is 0 Å². The Balaban J connectivity index is 2.00. The van der Waals surface area contributed by atoms with Crippen molar-refractivity contribution < 1.29 is 8.78 Å². The highest BCUT2D eigenvalue weighted by Gasteiger charge is 2.41. The molecule has 2 unspecified atom stereocenters. The second kappa shape index (κ2) is 5.42. The molecule has 1 aromatic carbocycles. The first kappa shape index (κ1) is 16.3. The predicted octanol–water partition coefficient (Wildman–Crippen LogP) is 2.37. The molecule has 5 nitrogen and oxygen atoms in total. The molecule has 2 atom stereocenters. The molecule has 3 aliphatic heterocycles. The van der Waals surface area contributed by atoms with Crippen LogP contribution in [-0.4, -0.2) is 61.4 Å². The maximum atomic E-state index is 15.0. The first-order chi connectivity index (χ1) is 11.8. The Morgan fingerprint density at radius 1 is 1.20 bits per heavy atom. The Morgan fingerprint density at radius 2 is 1.92 bits per heavy atom. The van der Waals surface area contributed by atoms with Gasteiger partial charge in [0, 0.05) is 38.3 Å². The van der Waals surface area contributed by atoms with E-state index < -0.39 is 11.6 Å². The number of benzene rings is 1. The summed E-state index contributed by atoms with van der Waals surface area (Å²) in [6.45, 7) is 9.86. The first-order valence-electron chi connectivity index (χ1n) is 8.55. The molecule has 1 fully saturated rings. The molecule has 0 aliphatic carbocycles. The lowest BCUT2D eigenvalue weighted by Crippen LogP contribution is -2.60. The summed E-state index contributed by atoms with van der Waals surface area (Å²) in [5.74, 6) is 0.00619. The zero-order valence-electron chi connectivity index (χ0n) is 15.0. The van der Waals surface area contributed by atoms with Gasteiger partial charge in [0.1, 0.15) is 11.7 Å². The van der Waals surface area contributed by atoms with E-state index in [4.69, 9.17) is 0 Å². The molecule has 0 radical (unpaired) electrons. The molecule has 0 saturated carbocycles. The minimum atomic E-state index is -0.547. The van der Waals surface area contributed by atoms with Crippen LogP contribution in [0.2, 0.25) is 0 Å². The van der Waals surface area contributed by atoms with Gasteiger partial charge in [-0.05, 0) is 20.9 Å². The molecule has 0 bridgehead atoms. The summed E-state index contributed by atoms with van der Waals surface area (Å²) < 4.78 is 29.9. The molecule has 0 spiro atoms. The number of halogens is 2. The minimum absolute atomic E-state index is 0.0205. The van der Waals surface area contributed by atoms with E-state index in [0.717, 1.165) is 13.1 Å². The smallest absolute Gasteiger partial charge is 0.153 e. The van der Waals surface area contributed by atoms with Crippen LogP contribution in [0, 0.1) is 18.6 Å². The summed E-state index contributed by atoms with van der Waals surface area (Å²) >= 11 is 0. The molecule has 7 heteroatoms. The number of hydrogen-bond acceptors (Lipinski definition) is 5. The van der Waals surface area contributed by atoms with Crippen molar-refractivity contribution in [3.63, 3.8) is 0 Å². The van der Waals surface area contributed by atoms with Crippen molar-refractivity contribution in [3.05, 3.63) is 35.2 Å². The van der Waals surface area contributed by atoms with Crippen molar-refractivity contribution >= 4 is 17.2 Å². The minimum Gasteiger partial charge on any atom is -0.380 e.